The lowest BCUT2D eigenvalue weighted by Crippen LogP contribution is -2.12. The largest absolute Gasteiger partial charge is 0.296 e. The Morgan fingerprint density at radius 1 is 0.436 bits per heavy atom. The molecular weight excluding hydrogens is 564 g/mol. The van der Waals surface area contributed by atoms with Crippen LogP contribution in [-0.4, -0.2) is 45.1 Å². The fraction of sp³-hybridized carbons (Fsp3) is 0.333. The first-order chi connectivity index (χ1) is 18.3. The zero-order valence-corrected chi connectivity index (χ0v) is 24.1. The van der Waals surface area contributed by atoms with Gasteiger partial charge in [0.15, 0.2) is 0 Å². The molecule has 0 aliphatic heterocycles. The van der Waals surface area contributed by atoms with Crippen molar-refractivity contribution in [3.8, 4) is 0 Å². The highest BCUT2D eigenvalue weighted by molar-refractivity contribution is 7.87. The summed E-state index contributed by atoms with van der Waals surface area (Å²) in [7, 11) is -12.2. The van der Waals surface area contributed by atoms with Gasteiger partial charge in [-0.1, -0.05) is 53.1 Å². The summed E-state index contributed by atoms with van der Waals surface area (Å²) < 4.78 is 91.8. The van der Waals surface area contributed by atoms with E-state index in [4.69, 9.17) is 12.5 Å². The summed E-state index contributed by atoms with van der Waals surface area (Å²) in [5.41, 5.74) is 2.65. The van der Waals surface area contributed by atoms with Crippen molar-refractivity contribution in [2.75, 3.05) is 19.8 Å². The lowest BCUT2D eigenvalue weighted by molar-refractivity contribution is 0.261. The van der Waals surface area contributed by atoms with Crippen LogP contribution < -0.4 is 0 Å². The van der Waals surface area contributed by atoms with E-state index in [1.807, 2.05) is 20.8 Å². The highest BCUT2D eigenvalue weighted by atomic mass is 32.2. The third-order valence-corrected chi connectivity index (χ3v) is 10.6. The standard InChI is InChI=1S/C27H30O9S3/c1-19-4-10-22(11-5-19)37(28,29)34-16-25-26(17-35-38(30,31)23-12-6-20(2)7-13-23)27(25)18-36-39(32,33)24-14-8-21(3)9-15-24/h4-15,25-27H,16-18H2,1-3H3. The maximum absolute atomic E-state index is 12.7. The minimum atomic E-state index is -4.08. The van der Waals surface area contributed by atoms with Crippen LogP contribution in [0.3, 0.4) is 0 Å². The van der Waals surface area contributed by atoms with Gasteiger partial charge in [0.1, 0.15) is 0 Å². The molecule has 1 saturated carbocycles. The molecular formula is C27H30O9S3. The number of hydrogen-bond acceptors (Lipinski definition) is 9. The molecule has 39 heavy (non-hydrogen) atoms. The van der Waals surface area contributed by atoms with Gasteiger partial charge >= 0.3 is 0 Å². The topological polar surface area (TPSA) is 130 Å². The van der Waals surface area contributed by atoms with Crippen LogP contribution >= 0.6 is 0 Å². The molecule has 210 valence electrons. The summed E-state index contributed by atoms with van der Waals surface area (Å²) in [4.78, 5) is -0.0465. The second-order valence-corrected chi connectivity index (χ2v) is 14.5. The Kier molecular flexibility index (Phi) is 8.64. The molecule has 0 unspecified atom stereocenters. The second kappa shape index (κ2) is 11.5. The molecule has 0 atom stereocenters. The molecule has 9 nitrogen and oxygen atoms in total. The van der Waals surface area contributed by atoms with E-state index in [0.29, 0.717) is 0 Å². The lowest BCUT2D eigenvalue weighted by atomic mass is 10.2. The fourth-order valence-electron chi connectivity index (χ4n) is 4.09. The molecule has 12 heteroatoms. The number of benzene rings is 3. The maximum atomic E-state index is 12.7. The van der Waals surface area contributed by atoms with Gasteiger partial charge in [-0.15, -0.1) is 0 Å². The summed E-state index contributed by atoms with van der Waals surface area (Å²) in [6.45, 7) is 4.62. The van der Waals surface area contributed by atoms with Gasteiger partial charge in [-0.3, -0.25) is 12.5 Å². The zero-order chi connectivity index (χ0) is 28.4. The normalized spacial score (nSPS) is 19.6. The van der Waals surface area contributed by atoms with Gasteiger partial charge in [-0.2, -0.15) is 25.3 Å². The van der Waals surface area contributed by atoms with Gasteiger partial charge in [-0.05, 0) is 74.9 Å². The smallest absolute Gasteiger partial charge is 0.266 e. The minimum absolute atomic E-state index is 0.0155. The molecule has 0 aromatic heterocycles. The SMILES string of the molecule is Cc1ccc(S(=O)(=O)OCC2C(COS(=O)(=O)c3ccc(C)cc3)C2COS(=O)(=O)c2ccc(C)cc2)cc1. The fourth-order valence-corrected chi connectivity index (χ4v) is 6.91. The predicted octanol–water partition coefficient (Wildman–Crippen LogP) is 3.99. The molecule has 0 N–H and O–H groups in total. The number of hydrogen-bond donors (Lipinski definition) is 0. The van der Waals surface area contributed by atoms with Crippen molar-refractivity contribution in [3.63, 3.8) is 0 Å². The summed E-state index contributed by atoms with van der Waals surface area (Å²) in [6.07, 6.45) is 0. The van der Waals surface area contributed by atoms with Crippen molar-refractivity contribution < 1.29 is 37.8 Å². The molecule has 0 amide bonds. The minimum Gasteiger partial charge on any atom is -0.266 e. The Bertz CT molecular complexity index is 1410. The molecule has 3 aromatic carbocycles. The molecule has 1 aliphatic rings. The van der Waals surface area contributed by atoms with Gasteiger partial charge in [0.05, 0.1) is 34.5 Å². The second-order valence-electron chi connectivity index (χ2n) is 9.65. The molecule has 0 radical (unpaired) electrons. The Hall–Kier alpha value is -2.61. The van der Waals surface area contributed by atoms with Gasteiger partial charge in [0.2, 0.25) is 0 Å². The quantitative estimate of drug-likeness (QED) is 0.286. The van der Waals surface area contributed by atoms with E-state index in [1.54, 1.807) is 36.4 Å². The van der Waals surface area contributed by atoms with Crippen LogP contribution in [0.4, 0.5) is 0 Å². The Balaban J connectivity index is 1.45. The maximum Gasteiger partial charge on any atom is 0.296 e. The van der Waals surface area contributed by atoms with E-state index < -0.39 is 48.1 Å². The van der Waals surface area contributed by atoms with E-state index in [9.17, 15) is 25.3 Å². The molecule has 0 spiro atoms. The molecule has 3 aromatic rings. The Labute approximate surface area is 230 Å². The lowest BCUT2D eigenvalue weighted by Gasteiger charge is -2.07. The molecule has 1 aliphatic carbocycles. The highest BCUT2D eigenvalue weighted by Gasteiger charge is 2.52. The Morgan fingerprint density at radius 2 is 0.641 bits per heavy atom. The Morgan fingerprint density at radius 3 is 0.846 bits per heavy atom. The van der Waals surface area contributed by atoms with Crippen molar-refractivity contribution in [1.82, 2.24) is 0 Å². The summed E-state index contributed by atoms with van der Waals surface area (Å²) in [5, 5.41) is 0. The van der Waals surface area contributed by atoms with E-state index in [1.165, 1.54) is 36.4 Å². The molecule has 0 saturated heterocycles. The van der Waals surface area contributed by atoms with E-state index >= 15 is 0 Å². The van der Waals surface area contributed by atoms with Crippen LogP contribution in [0.25, 0.3) is 0 Å². The highest BCUT2D eigenvalue weighted by Crippen LogP contribution is 2.48. The summed E-state index contributed by atoms with van der Waals surface area (Å²) >= 11 is 0. The van der Waals surface area contributed by atoms with Crippen molar-refractivity contribution in [2.45, 2.75) is 35.5 Å². The monoisotopic (exact) mass is 594 g/mol. The van der Waals surface area contributed by atoms with Crippen LogP contribution in [0.1, 0.15) is 16.7 Å². The van der Waals surface area contributed by atoms with Crippen molar-refractivity contribution in [2.24, 2.45) is 17.8 Å². The van der Waals surface area contributed by atoms with Crippen LogP contribution in [-0.2, 0) is 42.9 Å². The molecule has 0 bridgehead atoms. The van der Waals surface area contributed by atoms with Crippen LogP contribution in [0.2, 0.25) is 0 Å². The van der Waals surface area contributed by atoms with E-state index in [-0.39, 0.29) is 34.5 Å². The first-order valence-corrected chi connectivity index (χ1v) is 16.4. The third-order valence-electron chi connectivity index (χ3n) is 6.68. The molecule has 4 rings (SSSR count). The van der Waals surface area contributed by atoms with E-state index in [0.717, 1.165) is 16.7 Å². The van der Waals surface area contributed by atoms with Crippen LogP contribution in [0, 0.1) is 38.5 Å². The van der Waals surface area contributed by atoms with Gasteiger partial charge in [0, 0.05) is 0 Å². The van der Waals surface area contributed by atoms with Crippen LogP contribution in [0.5, 0.6) is 0 Å². The van der Waals surface area contributed by atoms with Crippen LogP contribution in [0.15, 0.2) is 87.5 Å². The third kappa shape index (κ3) is 7.33. The summed E-state index contributed by atoms with van der Waals surface area (Å²) in [6, 6.07) is 18.5. The van der Waals surface area contributed by atoms with Crippen molar-refractivity contribution >= 4 is 30.4 Å². The average molecular weight is 595 g/mol. The zero-order valence-electron chi connectivity index (χ0n) is 21.7. The first kappa shape index (κ1) is 29.4. The first-order valence-electron chi connectivity index (χ1n) is 12.2. The summed E-state index contributed by atoms with van der Waals surface area (Å²) in [5.74, 6) is -1.52. The predicted molar refractivity (Wildman–Crippen MR) is 143 cm³/mol. The molecule has 0 heterocycles. The van der Waals surface area contributed by atoms with Crippen molar-refractivity contribution in [1.29, 1.82) is 0 Å². The molecule has 1 fully saturated rings. The van der Waals surface area contributed by atoms with Gasteiger partial charge < -0.3 is 0 Å². The van der Waals surface area contributed by atoms with E-state index in [2.05, 4.69) is 0 Å². The average Bonchev–Trinajstić information content (AvgIpc) is 3.57. The van der Waals surface area contributed by atoms with Crippen molar-refractivity contribution in [3.05, 3.63) is 89.5 Å². The van der Waals surface area contributed by atoms with Gasteiger partial charge in [0.25, 0.3) is 30.4 Å². The number of aryl methyl sites for hydroxylation is 3. The van der Waals surface area contributed by atoms with Gasteiger partial charge in [-0.25, -0.2) is 0 Å². The number of rotatable bonds is 12.